The van der Waals surface area contributed by atoms with Gasteiger partial charge in [0.1, 0.15) is 0 Å². The molecule has 0 aromatic carbocycles. The van der Waals surface area contributed by atoms with Gasteiger partial charge in [-0.1, -0.05) is 27.7 Å². The Morgan fingerprint density at radius 1 is 1.53 bits per heavy atom. The van der Waals surface area contributed by atoms with E-state index in [1.165, 1.54) is 5.75 Å². The lowest BCUT2D eigenvalue weighted by Gasteiger charge is -2.41. The van der Waals surface area contributed by atoms with Crippen molar-refractivity contribution < 1.29 is 4.79 Å². The van der Waals surface area contributed by atoms with Crippen molar-refractivity contribution in [2.45, 2.75) is 52.6 Å². The molecule has 2 unspecified atom stereocenters. The lowest BCUT2D eigenvalue weighted by molar-refractivity contribution is -0.125. The minimum atomic E-state index is -0.599. The van der Waals surface area contributed by atoms with Gasteiger partial charge in [-0.15, -0.1) is 0 Å². The smallest absolute Gasteiger partial charge is 0.237 e. The van der Waals surface area contributed by atoms with Crippen molar-refractivity contribution >= 4 is 17.7 Å². The molecule has 0 aromatic heterocycles. The highest BCUT2D eigenvalue weighted by Crippen LogP contribution is 2.34. The van der Waals surface area contributed by atoms with Crippen LogP contribution >= 0.6 is 11.8 Å². The molecule has 1 heterocycles. The number of thioether (sulfide) groups is 1. The van der Waals surface area contributed by atoms with Crippen molar-refractivity contribution in [1.82, 2.24) is 5.32 Å². The second kappa shape index (κ2) is 5.19. The van der Waals surface area contributed by atoms with E-state index >= 15 is 0 Å². The van der Waals surface area contributed by atoms with Gasteiger partial charge in [0.15, 0.2) is 0 Å². The fourth-order valence-corrected chi connectivity index (χ4v) is 3.58. The van der Waals surface area contributed by atoms with Crippen LogP contribution in [0, 0.1) is 11.3 Å². The molecule has 1 rings (SSSR count). The maximum Gasteiger partial charge on any atom is 0.237 e. The second-order valence-electron chi connectivity index (χ2n) is 6.45. The maximum atomic E-state index is 11.7. The zero-order chi connectivity index (χ0) is 13.3. The first-order valence-electron chi connectivity index (χ1n) is 6.33. The Labute approximate surface area is 109 Å². The highest BCUT2D eigenvalue weighted by molar-refractivity contribution is 7.99. The molecule has 100 valence electrons. The predicted molar refractivity (Wildman–Crippen MR) is 75.1 cm³/mol. The number of primary amides is 1. The van der Waals surface area contributed by atoms with Gasteiger partial charge >= 0.3 is 0 Å². The molecule has 0 radical (unpaired) electrons. The number of rotatable bonds is 4. The van der Waals surface area contributed by atoms with E-state index in [-0.39, 0.29) is 11.8 Å². The number of carbonyl (C=O) groups excluding carboxylic acids is 1. The zero-order valence-corrected chi connectivity index (χ0v) is 12.5. The molecule has 0 bridgehead atoms. The summed E-state index contributed by atoms with van der Waals surface area (Å²) in [6.45, 7) is 10.6. The molecule has 1 aliphatic rings. The van der Waals surface area contributed by atoms with Gasteiger partial charge in [-0.25, -0.2) is 0 Å². The van der Waals surface area contributed by atoms with Crippen LogP contribution in [-0.4, -0.2) is 29.0 Å². The average Bonchev–Trinajstić information content (AvgIpc) is 2.15. The van der Waals surface area contributed by atoms with E-state index in [2.05, 4.69) is 19.2 Å². The molecule has 0 spiro atoms. The van der Waals surface area contributed by atoms with Gasteiger partial charge in [0.25, 0.3) is 0 Å². The number of amides is 1. The van der Waals surface area contributed by atoms with E-state index in [4.69, 9.17) is 5.73 Å². The van der Waals surface area contributed by atoms with Crippen LogP contribution in [0.2, 0.25) is 0 Å². The van der Waals surface area contributed by atoms with Crippen molar-refractivity contribution in [3.8, 4) is 0 Å². The van der Waals surface area contributed by atoms with Crippen molar-refractivity contribution in [2.24, 2.45) is 17.1 Å². The van der Waals surface area contributed by atoms with Crippen LogP contribution in [0.25, 0.3) is 0 Å². The van der Waals surface area contributed by atoms with Gasteiger partial charge in [-0.2, -0.15) is 11.8 Å². The van der Waals surface area contributed by atoms with E-state index in [0.29, 0.717) is 11.5 Å². The molecule has 2 atom stereocenters. The van der Waals surface area contributed by atoms with Gasteiger partial charge in [0.05, 0.1) is 5.54 Å². The molecule has 17 heavy (non-hydrogen) atoms. The van der Waals surface area contributed by atoms with E-state index in [1.807, 2.05) is 32.5 Å². The van der Waals surface area contributed by atoms with Crippen molar-refractivity contribution in [2.75, 3.05) is 11.5 Å². The Morgan fingerprint density at radius 3 is 2.53 bits per heavy atom. The minimum Gasteiger partial charge on any atom is -0.368 e. The third-order valence-corrected chi connectivity index (χ3v) is 5.41. The molecular formula is C13H26N2OS. The molecule has 0 aliphatic carbocycles. The van der Waals surface area contributed by atoms with E-state index in [9.17, 15) is 4.79 Å². The predicted octanol–water partition coefficient (Wildman–Crippen LogP) is 2.01. The molecule has 1 fully saturated rings. The Bertz CT molecular complexity index is 291. The van der Waals surface area contributed by atoms with E-state index in [0.717, 1.165) is 12.2 Å². The van der Waals surface area contributed by atoms with Crippen molar-refractivity contribution in [3.05, 3.63) is 0 Å². The molecule has 1 aliphatic heterocycles. The van der Waals surface area contributed by atoms with Gasteiger partial charge in [0, 0.05) is 11.8 Å². The largest absolute Gasteiger partial charge is 0.368 e. The summed E-state index contributed by atoms with van der Waals surface area (Å²) < 4.78 is 0. The quantitative estimate of drug-likeness (QED) is 0.811. The van der Waals surface area contributed by atoms with Crippen LogP contribution < -0.4 is 11.1 Å². The van der Waals surface area contributed by atoms with Gasteiger partial charge < -0.3 is 5.73 Å². The third-order valence-electron chi connectivity index (χ3n) is 3.78. The second-order valence-corrected chi connectivity index (χ2v) is 7.48. The van der Waals surface area contributed by atoms with Crippen LogP contribution in [0.1, 0.15) is 41.0 Å². The fraction of sp³-hybridized carbons (Fsp3) is 0.923. The summed E-state index contributed by atoms with van der Waals surface area (Å²) >= 11 is 1.96. The molecular weight excluding hydrogens is 232 g/mol. The van der Waals surface area contributed by atoms with Crippen LogP contribution in [0.4, 0.5) is 0 Å². The van der Waals surface area contributed by atoms with Crippen LogP contribution in [-0.2, 0) is 4.79 Å². The summed E-state index contributed by atoms with van der Waals surface area (Å²) in [5.74, 6) is 2.22. The van der Waals surface area contributed by atoms with Gasteiger partial charge in [-0.05, 0) is 30.4 Å². The summed E-state index contributed by atoms with van der Waals surface area (Å²) in [6, 6.07) is 0.378. The monoisotopic (exact) mass is 258 g/mol. The summed E-state index contributed by atoms with van der Waals surface area (Å²) in [5.41, 5.74) is 5.29. The minimum absolute atomic E-state index is 0.204. The van der Waals surface area contributed by atoms with E-state index < -0.39 is 5.54 Å². The molecule has 4 heteroatoms. The van der Waals surface area contributed by atoms with Crippen LogP contribution in [0.3, 0.4) is 0 Å². The summed E-state index contributed by atoms with van der Waals surface area (Å²) in [4.78, 5) is 11.7. The number of carbonyl (C=O) groups is 1. The first kappa shape index (κ1) is 14.8. The average molecular weight is 258 g/mol. The lowest BCUT2D eigenvalue weighted by Crippen LogP contribution is -2.61. The number of hydrogen-bond donors (Lipinski definition) is 2. The molecule has 0 saturated carbocycles. The van der Waals surface area contributed by atoms with Crippen molar-refractivity contribution in [3.63, 3.8) is 0 Å². The Kier molecular flexibility index (Phi) is 4.53. The topological polar surface area (TPSA) is 55.1 Å². The Balaban J connectivity index is 2.72. The highest BCUT2D eigenvalue weighted by Gasteiger charge is 2.39. The third kappa shape index (κ3) is 3.62. The van der Waals surface area contributed by atoms with Crippen LogP contribution in [0.5, 0.6) is 0 Å². The van der Waals surface area contributed by atoms with Gasteiger partial charge in [0.2, 0.25) is 5.91 Å². The maximum absolute atomic E-state index is 11.7. The lowest BCUT2D eigenvalue weighted by atomic mass is 9.83. The van der Waals surface area contributed by atoms with E-state index in [1.54, 1.807) is 0 Å². The number of nitrogens with two attached hydrogens (primary N) is 1. The van der Waals surface area contributed by atoms with Crippen LogP contribution in [0.15, 0.2) is 0 Å². The standard InChI is InChI=1S/C13H26N2OS/c1-9(2)13(5,11(14)16)15-10-6-12(3,4)8-17-7-10/h9-10,15H,6-8H2,1-5H3,(H2,14,16). The molecule has 3 N–H and O–H groups in total. The summed E-state index contributed by atoms with van der Waals surface area (Å²) in [5, 5.41) is 3.49. The SMILES string of the molecule is CC(C)C(C)(NC1CSCC(C)(C)C1)C(N)=O. The summed E-state index contributed by atoms with van der Waals surface area (Å²) in [6.07, 6.45) is 1.11. The normalized spacial score (nSPS) is 27.8. The fourth-order valence-electron chi connectivity index (χ4n) is 2.30. The van der Waals surface area contributed by atoms with Gasteiger partial charge in [-0.3, -0.25) is 10.1 Å². The first-order chi connectivity index (χ1) is 7.67. The molecule has 0 aromatic rings. The molecule has 3 nitrogen and oxygen atoms in total. The highest BCUT2D eigenvalue weighted by atomic mass is 32.2. The molecule has 1 saturated heterocycles. The molecule has 1 amide bonds. The first-order valence-corrected chi connectivity index (χ1v) is 7.48. The Hall–Kier alpha value is -0.220. The van der Waals surface area contributed by atoms with Crippen molar-refractivity contribution in [1.29, 1.82) is 0 Å². The Morgan fingerprint density at radius 2 is 2.12 bits per heavy atom. The zero-order valence-electron chi connectivity index (χ0n) is 11.7. The number of nitrogens with one attached hydrogen (secondary N) is 1. The number of hydrogen-bond acceptors (Lipinski definition) is 3. The summed E-state index contributed by atoms with van der Waals surface area (Å²) in [7, 11) is 0.